The molecule has 0 aromatic rings. The van der Waals surface area contributed by atoms with Gasteiger partial charge in [0.15, 0.2) is 0 Å². The molecule has 1 saturated carbocycles. The second-order valence-electron chi connectivity index (χ2n) is 4.35. The van der Waals surface area contributed by atoms with E-state index in [4.69, 9.17) is 10.5 Å². The van der Waals surface area contributed by atoms with E-state index in [9.17, 15) is 8.42 Å². The Hall–Kier alpha value is -0.170. The number of sulfonamides is 1. The lowest BCUT2D eigenvalue weighted by molar-refractivity contribution is 0.162. The molecule has 0 aromatic carbocycles. The summed E-state index contributed by atoms with van der Waals surface area (Å²) in [5, 5.41) is 0. The zero-order valence-electron chi connectivity index (χ0n) is 10.6. The van der Waals surface area contributed by atoms with Crippen LogP contribution in [-0.2, 0) is 14.8 Å². The third kappa shape index (κ3) is 4.54. The Morgan fingerprint density at radius 3 is 2.53 bits per heavy atom. The Bertz CT molecular complexity index is 300. The van der Waals surface area contributed by atoms with E-state index in [1.165, 1.54) is 0 Å². The average Bonchev–Trinajstić information content (AvgIpc) is 2.79. The fourth-order valence-electron chi connectivity index (χ4n) is 2.29. The van der Waals surface area contributed by atoms with Gasteiger partial charge in [-0.25, -0.2) is 8.42 Å². The number of hydrogen-bond acceptors (Lipinski definition) is 4. The lowest BCUT2D eigenvalue weighted by Gasteiger charge is -2.27. The van der Waals surface area contributed by atoms with Crippen molar-refractivity contribution in [3.63, 3.8) is 0 Å². The molecule has 0 aromatic heterocycles. The fraction of sp³-hybridized carbons (Fsp3) is 1.00. The van der Waals surface area contributed by atoms with Crippen LogP contribution in [0.2, 0.25) is 0 Å². The third-order valence-electron chi connectivity index (χ3n) is 3.13. The molecule has 2 N–H and O–H groups in total. The maximum atomic E-state index is 12.2. The molecule has 5 nitrogen and oxygen atoms in total. The zero-order chi connectivity index (χ0) is 12.7. The summed E-state index contributed by atoms with van der Waals surface area (Å²) >= 11 is 0. The molecule has 102 valence electrons. The van der Waals surface area contributed by atoms with Gasteiger partial charge in [-0.1, -0.05) is 12.8 Å². The van der Waals surface area contributed by atoms with E-state index in [0.717, 1.165) is 25.7 Å². The highest BCUT2D eigenvalue weighted by molar-refractivity contribution is 7.89. The first-order chi connectivity index (χ1) is 8.11. The van der Waals surface area contributed by atoms with Crippen molar-refractivity contribution >= 4 is 10.0 Å². The van der Waals surface area contributed by atoms with Crippen LogP contribution in [0.1, 0.15) is 32.6 Å². The third-order valence-corrected chi connectivity index (χ3v) is 5.01. The minimum atomic E-state index is -3.21. The Morgan fingerprint density at radius 2 is 2.00 bits per heavy atom. The molecular weight excluding hydrogens is 240 g/mol. The van der Waals surface area contributed by atoms with Crippen LogP contribution < -0.4 is 5.73 Å². The highest BCUT2D eigenvalue weighted by Gasteiger charge is 2.30. The van der Waals surface area contributed by atoms with Crippen molar-refractivity contribution in [2.24, 2.45) is 5.73 Å². The van der Waals surface area contributed by atoms with Crippen molar-refractivity contribution in [1.29, 1.82) is 0 Å². The molecule has 0 bridgehead atoms. The fourth-order valence-corrected chi connectivity index (χ4v) is 3.91. The molecule has 1 fully saturated rings. The summed E-state index contributed by atoms with van der Waals surface area (Å²) in [5.41, 5.74) is 5.51. The predicted octanol–water partition coefficient (Wildman–Crippen LogP) is 0.556. The predicted molar refractivity (Wildman–Crippen MR) is 68.3 cm³/mol. The topological polar surface area (TPSA) is 72.6 Å². The number of ether oxygens (including phenoxy) is 1. The van der Waals surface area contributed by atoms with Crippen molar-refractivity contribution in [2.75, 3.05) is 32.1 Å². The molecule has 0 radical (unpaired) electrons. The standard InChI is InChI=1S/C11H24N2O3S/c1-2-16-9-10-17(14,15)13(8-7-12)11-5-3-4-6-11/h11H,2-10,12H2,1H3. The Kier molecular flexibility index (Phi) is 6.40. The quantitative estimate of drug-likeness (QED) is 0.650. The molecule has 6 heteroatoms. The minimum absolute atomic E-state index is 0.0668. The van der Waals surface area contributed by atoms with Crippen molar-refractivity contribution in [3.8, 4) is 0 Å². The van der Waals surface area contributed by atoms with Crippen LogP contribution in [0.4, 0.5) is 0 Å². The second kappa shape index (κ2) is 7.31. The number of rotatable bonds is 8. The molecule has 0 atom stereocenters. The van der Waals surface area contributed by atoms with Gasteiger partial charge in [0.2, 0.25) is 10.0 Å². The minimum Gasteiger partial charge on any atom is -0.381 e. The lowest BCUT2D eigenvalue weighted by Crippen LogP contribution is -2.43. The van der Waals surface area contributed by atoms with Crippen LogP contribution >= 0.6 is 0 Å². The molecule has 1 aliphatic carbocycles. The summed E-state index contributed by atoms with van der Waals surface area (Å²) < 4.78 is 31.1. The molecule has 17 heavy (non-hydrogen) atoms. The van der Waals surface area contributed by atoms with Crippen LogP contribution in [0.25, 0.3) is 0 Å². The highest BCUT2D eigenvalue weighted by Crippen LogP contribution is 2.25. The Morgan fingerprint density at radius 1 is 1.35 bits per heavy atom. The maximum Gasteiger partial charge on any atom is 0.216 e. The van der Waals surface area contributed by atoms with Gasteiger partial charge in [-0.15, -0.1) is 0 Å². The molecule has 0 heterocycles. The monoisotopic (exact) mass is 264 g/mol. The first kappa shape index (κ1) is 14.9. The molecule has 1 aliphatic rings. The molecule has 0 amide bonds. The largest absolute Gasteiger partial charge is 0.381 e. The molecule has 0 unspecified atom stereocenters. The molecule has 0 aliphatic heterocycles. The first-order valence-corrected chi connectivity index (χ1v) is 8.00. The van der Waals surface area contributed by atoms with E-state index in [0.29, 0.717) is 19.7 Å². The lowest BCUT2D eigenvalue weighted by atomic mass is 10.2. The summed E-state index contributed by atoms with van der Waals surface area (Å²) in [5.74, 6) is 0.0668. The number of nitrogens with two attached hydrogens (primary N) is 1. The molecular formula is C11H24N2O3S. The van der Waals surface area contributed by atoms with Crippen molar-refractivity contribution < 1.29 is 13.2 Å². The van der Waals surface area contributed by atoms with E-state index in [1.807, 2.05) is 6.92 Å². The molecule has 0 spiro atoms. The Balaban J connectivity index is 2.60. The number of nitrogens with zero attached hydrogens (tertiary/aromatic N) is 1. The van der Waals surface area contributed by atoms with E-state index >= 15 is 0 Å². The summed E-state index contributed by atoms with van der Waals surface area (Å²) in [6.45, 7) is 3.49. The van der Waals surface area contributed by atoms with Gasteiger partial charge >= 0.3 is 0 Å². The normalized spacial score (nSPS) is 18.1. The highest BCUT2D eigenvalue weighted by atomic mass is 32.2. The van der Waals surface area contributed by atoms with Gasteiger partial charge in [-0.3, -0.25) is 0 Å². The van der Waals surface area contributed by atoms with Gasteiger partial charge in [0.25, 0.3) is 0 Å². The summed E-state index contributed by atoms with van der Waals surface area (Å²) in [6.07, 6.45) is 4.17. The Labute approximate surface area is 104 Å². The van der Waals surface area contributed by atoms with E-state index in [1.54, 1.807) is 4.31 Å². The molecule has 0 saturated heterocycles. The second-order valence-corrected chi connectivity index (χ2v) is 6.39. The summed E-state index contributed by atoms with van der Waals surface area (Å²) in [7, 11) is -3.21. The van der Waals surface area contributed by atoms with Crippen LogP contribution in [0, 0.1) is 0 Å². The average molecular weight is 264 g/mol. The van der Waals surface area contributed by atoms with Crippen LogP contribution in [-0.4, -0.2) is 50.8 Å². The zero-order valence-corrected chi connectivity index (χ0v) is 11.4. The van der Waals surface area contributed by atoms with Crippen LogP contribution in [0.5, 0.6) is 0 Å². The van der Waals surface area contributed by atoms with Crippen molar-refractivity contribution in [1.82, 2.24) is 4.31 Å². The van der Waals surface area contributed by atoms with Gasteiger partial charge in [-0.2, -0.15) is 4.31 Å². The van der Waals surface area contributed by atoms with Gasteiger partial charge in [0, 0.05) is 25.7 Å². The van der Waals surface area contributed by atoms with Gasteiger partial charge in [-0.05, 0) is 19.8 Å². The van der Waals surface area contributed by atoms with Crippen molar-refractivity contribution in [2.45, 2.75) is 38.6 Å². The summed E-state index contributed by atoms with van der Waals surface area (Å²) in [6, 6.07) is 0.158. The van der Waals surface area contributed by atoms with Gasteiger partial charge in [0.1, 0.15) is 0 Å². The van der Waals surface area contributed by atoms with E-state index in [-0.39, 0.29) is 18.4 Å². The van der Waals surface area contributed by atoms with Crippen LogP contribution in [0.15, 0.2) is 0 Å². The van der Waals surface area contributed by atoms with Crippen molar-refractivity contribution in [3.05, 3.63) is 0 Å². The maximum absolute atomic E-state index is 12.2. The number of hydrogen-bond donors (Lipinski definition) is 1. The summed E-state index contributed by atoms with van der Waals surface area (Å²) in [4.78, 5) is 0. The smallest absolute Gasteiger partial charge is 0.216 e. The molecule has 1 rings (SSSR count). The van der Waals surface area contributed by atoms with Gasteiger partial charge < -0.3 is 10.5 Å². The SMILES string of the molecule is CCOCCS(=O)(=O)N(CCN)C1CCCC1. The van der Waals surface area contributed by atoms with E-state index < -0.39 is 10.0 Å². The first-order valence-electron chi connectivity index (χ1n) is 6.39. The van der Waals surface area contributed by atoms with Gasteiger partial charge in [0.05, 0.1) is 12.4 Å². The van der Waals surface area contributed by atoms with E-state index in [2.05, 4.69) is 0 Å². The van der Waals surface area contributed by atoms with Crippen LogP contribution in [0.3, 0.4) is 0 Å².